The Morgan fingerprint density at radius 1 is 1.15 bits per heavy atom. The number of nitrogens with two attached hydrogens (primary N) is 3. The van der Waals surface area contributed by atoms with Crippen LogP contribution in [0.2, 0.25) is 0 Å². The SMILES string of the molecule is C[C@@H](O)[C@H](NC(=O)[C@H](CCCN=C(N)N)NC(=O)[C@@H](N)Cc1c[nH]c2ccccc12)C(=O)O. The van der Waals surface area contributed by atoms with E-state index in [-0.39, 0.29) is 25.3 Å². The van der Waals surface area contributed by atoms with Gasteiger partial charge >= 0.3 is 5.97 Å². The number of benzene rings is 1. The lowest BCUT2D eigenvalue weighted by Gasteiger charge is -2.24. The van der Waals surface area contributed by atoms with E-state index in [9.17, 15) is 24.6 Å². The third-order valence-corrected chi connectivity index (χ3v) is 5.08. The molecule has 0 saturated carbocycles. The van der Waals surface area contributed by atoms with E-state index in [1.54, 1.807) is 6.20 Å². The van der Waals surface area contributed by atoms with Crippen LogP contribution in [0, 0.1) is 0 Å². The molecule has 0 saturated heterocycles. The molecule has 180 valence electrons. The first-order valence-electron chi connectivity index (χ1n) is 10.5. The zero-order valence-corrected chi connectivity index (χ0v) is 18.3. The highest BCUT2D eigenvalue weighted by Gasteiger charge is 2.30. The average Bonchev–Trinajstić information content (AvgIpc) is 3.15. The van der Waals surface area contributed by atoms with Gasteiger partial charge in [0.1, 0.15) is 6.04 Å². The number of aromatic amines is 1. The second-order valence-corrected chi connectivity index (χ2v) is 7.75. The van der Waals surface area contributed by atoms with Gasteiger partial charge < -0.3 is 43.0 Å². The molecule has 0 aliphatic carbocycles. The number of para-hydroxylation sites is 1. The van der Waals surface area contributed by atoms with E-state index in [2.05, 4.69) is 20.6 Å². The van der Waals surface area contributed by atoms with Crippen LogP contribution in [0.15, 0.2) is 35.5 Å². The number of H-pyrrole nitrogens is 1. The average molecular weight is 462 g/mol. The lowest BCUT2D eigenvalue weighted by Crippen LogP contribution is -2.56. The third kappa shape index (κ3) is 7.47. The number of carboxylic acids is 1. The number of aromatic nitrogens is 1. The molecule has 2 rings (SSSR count). The number of guanidine groups is 1. The van der Waals surface area contributed by atoms with E-state index >= 15 is 0 Å². The summed E-state index contributed by atoms with van der Waals surface area (Å²) in [5.74, 6) is -2.85. The van der Waals surface area contributed by atoms with Gasteiger partial charge in [0.15, 0.2) is 12.0 Å². The molecule has 0 aliphatic heterocycles. The van der Waals surface area contributed by atoms with Gasteiger partial charge in [-0.15, -0.1) is 0 Å². The Morgan fingerprint density at radius 2 is 1.85 bits per heavy atom. The molecule has 12 heteroatoms. The summed E-state index contributed by atoms with van der Waals surface area (Å²) < 4.78 is 0. The van der Waals surface area contributed by atoms with Crippen molar-refractivity contribution in [2.24, 2.45) is 22.2 Å². The normalized spacial score (nSPS) is 14.6. The van der Waals surface area contributed by atoms with E-state index in [0.29, 0.717) is 6.42 Å². The van der Waals surface area contributed by atoms with Gasteiger partial charge in [0.25, 0.3) is 0 Å². The number of carboxylic acid groups (broad SMARTS) is 1. The van der Waals surface area contributed by atoms with Gasteiger partial charge in [-0.25, -0.2) is 4.79 Å². The molecule has 1 aromatic heterocycles. The van der Waals surface area contributed by atoms with Crippen LogP contribution >= 0.6 is 0 Å². The molecule has 12 nitrogen and oxygen atoms in total. The van der Waals surface area contributed by atoms with Crippen LogP contribution in [0.5, 0.6) is 0 Å². The van der Waals surface area contributed by atoms with Crippen LogP contribution < -0.4 is 27.8 Å². The van der Waals surface area contributed by atoms with Crippen LogP contribution in [0.25, 0.3) is 10.9 Å². The lowest BCUT2D eigenvalue weighted by atomic mass is 10.0. The minimum Gasteiger partial charge on any atom is -0.480 e. The van der Waals surface area contributed by atoms with E-state index in [0.717, 1.165) is 16.5 Å². The van der Waals surface area contributed by atoms with Gasteiger partial charge in [0, 0.05) is 23.6 Å². The lowest BCUT2D eigenvalue weighted by molar-refractivity contribution is -0.145. The van der Waals surface area contributed by atoms with Crippen molar-refractivity contribution >= 4 is 34.6 Å². The molecule has 0 spiro atoms. The highest BCUT2D eigenvalue weighted by atomic mass is 16.4. The zero-order chi connectivity index (χ0) is 24.5. The number of amides is 2. The smallest absolute Gasteiger partial charge is 0.328 e. The van der Waals surface area contributed by atoms with Crippen molar-refractivity contribution in [1.82, 2.24) is 15.6 Å². The summed E-state index contributed by atoms with van der Waals surface area (Å²) >= 11 is 0. The van der Waals surface area contributed by atoms with Gasteiger partial charge in [-0.2, -0.15) is 0 Å². The molecule has 0 unspecified atom stereocenters. The van der Waals surface area contributed by atoms with Gasteiger partial charge in [-0.3, -0.25) is 14.6 Å². The first-order valence-corrected chi connectivity index (χ1v) is 10.5. The number of hydrogen-bond donors (Lipinski definition) is 8. The molecular weight excluding hydrogens is 430 g/mol. The molecular formula is C21H31N7O5. The molecule has 1 heterocycles. The summed E-state index contributed by atoms with van der Waals surface area (Å²) in [7, 11) is 0. The standard InChI is InChI=1S/C21H31N7O5/c1-11(29)17(20(32)33)28-19(31)16(7-4-8-25-21(23)24)27-18(30)14(22)9-12-10-26-15-6-3-2-5-13(12)15/h2-3,5-6,10-11,14,16-17,26,29H,4,7-9,22H2,1H3,(H,27,30)(H,28,31)(H,32,33)(H4,23,24,25)/t11-,14+,16+,17+/m1/s1. The first kappa shape index (κ1) is 25.6. The van der Waals surface area contributed by atoms with Crippen molar-refractivity contribution in [3.8, 4) is 0 Å². The largest absolute Gasteiger partial charge is 0.480 e. The topological polar surface area (TPSA) is 222 Å². The molecule has 0 radical (unpaired) electrons. The van der Waals surface area contributed by atoms with Crippen molar-refractivity contribution < 1.29 is 24.6 Å². The number of hydrogen-bond acceptors (Lipinski definition) is 6. The van der Waals surface area contributed by atoms with E-state index in [4.69, 9.17) is 17.2 Å². The molecule has 1 aromatic carbocycles. The minimum atomic E-state index is -1.53. The zero-order valence-electron chi connectivity index (χ0n) is 18.3. The second-order valence-electron chi connectivity index (χ2n) is 7.75. The number of rotatable bonds is 12. The number of aliphatic carboxylic acids is 1. The number of aliphatic imine (C=N–C) groups is 1. The van der Waals surface area contributed by atoms with Crippen LogP contribution in [0.1, 0.15) is 25.3 Å². The van der Waals surface area contributed by atoms with E-state index in [1.807, 2.05) is 24.3 Å². The fourth-order valence-electron chi connectivity index (χ4n) is 3.32. The fraction of sp³-hybridized carbons (Fsp3) is 0.429. The van der Waals surface area contributed by atoms with Crippen molar-refractivity contribution in [3.63, 3.8) is 0 Å². The maximum absolute atomic E-state index is 12.8. The number of aliphatic hydroxyl groups excluding tert-OH is 1. The number of nitrogens with zero attached hydrogens (tertiary/aromatic N) is 1. The monoisotopic (exact) mass is 461 g/mol. The predicted molar refractivity (Wildman–Crippen MR) is 123 cm³/mol. The Balaban J connectivity index is 2.08. The summed E-state index contributed by atoms with van der Waals surface area (Å²) in [6.45, 7) is 1.45. The summed E-state index contributed by atoms with van der Waals surface area (Å²) in [6, 6.07) is 4.00. The van der Waals surface area contributed by atoms with Gasteiger partial charge in [0.2, 0.25) is 11.8 Å². The Hall–Kier alpha value is -3.64. The van der Waals surface area contributed by atoms with Gasteiger partial charge in [-0.05, 0) is 37.8 Å². The molecule has 2 amide bonds. The second kappa shape index (κ2) is 11.8. The van der Waals surface area contributed by atoms with E-state index in [1.165, 1.54) is 6.92 Å². The molecule has 11 N–H and O–H groups in total. The summed E-state index contributed by atoms with van der Waals surface area (Å²) in [5.41, 5.74) is 18.4. The van der Waals surface area contributed by atoms with Crippen LogP contribution in [0.4, 0.5) is 0 Å². The van der Waals surface area contributed by atoms with Crippen LogP contribution in [0.3, 0.4) is 0 Å². The van der Waals surface area contributed by atoms with Crippen LogP contribution in [-0.2, 0) is 20.8 Å². The fourth-order valence-corrected chi connectivity index (χ4v) is 3.32. The maximum Gasteiger partial charge on any atom is 0.328 e. The number of aliphatic hydroxyl groups is 1. The van der Waals surface area contributed by atoms with Crippen molar-refractivity contribution in [2.45, 2.75) is 50.4 Å². The third-order valence-electron chi connectivity index (χ3n) is 5.08. The minimum absolute atomic E-state index is 0.110. The number of nitrogens with one attached hydrogen (secondary N) is 3. The van der Waals surface area contributed by atoms with Crippen molar-refractivity contribution in [3.05, 3.63) is 36.0 Å². The Morgan fingerprint density at radius 3 is 2.48 bits per heavy atom. The quantitative estimate of drug-likeness (QED) is 0.105. The van der Waals surface area contributed by atoms with Crippen molar-refractivity contribution in [1.29, 1.82) is 0 Å². The molecule has 4 atom stereocenters. The number of fused-ring (bicyclic) bond motifs is 1. The molecule has 0 bridgehead atoms. The number of carbonyl (C=O) groups is 3. The summed E-state index contributed by atoms with van der Waals surface area (Å²) in [5, 5.41) is 24.6. The summed E-state index contributed by atoms with van der Waals surface area (Å²) in [4.78, 5) is 43.7. The molecule has 33 heavy (non-hydrogen) atoms. The Kier molecular flexibility index (Phi) is 9.18. The predicted octanol–water partition coefficient (Wildman–Crippen LogP) is -1.47. The molecule has 2 aromatic rings. The van der Waals surface area contributed by atoms with Crippen molar-refractivity contribution in [2.75, 3.05) is 6.54 Å². The van der Waals surface area contributed by atoms with Gasteiger partial charge in [0.05, 0.1) is 12.1 Å². The highest BCUT2D eigenvalue weighted by Crippen LogP contribution is 2.18. The molecule has 0 aliphatic rings. The van der Waals surface area contributed by atoms with Crippen LogP contribution in [-0.4, -0.2) is 69.7 Å². The van der Waals surface area contributed by atoms with Gasteiger partial charge in [-0.1, -0.05) is 18.2 Å². The Labute approximate surface area is 190 Å². The maximum atomic E-state index is 12.8. The molecule has 0 fully saturated rings. The highest BCUT2D eigenvalue weighted by molar-refractivity contribution is 5.92. The van der Waals surface area contributed by atoms with E-state index < -0.39 is 42.0 Å². The Bertz CT molecular complexity index is 1000. The summed E-state index contributed by atoms with van der Waals surface area (Å²) in [6.07, 6.45) is 1.12. The first-order chi connectivity index (χ1) is 15.6. The number of carbonyl (C=O) groups excluding carboxylic acids is 2.